The van der Waals surface area contributed by atoms with Gasteiger partial charge >= 0.3 is 0 Å². The number of nitrogens with one attached hydrogen (secondary N) is 1. The van der Waals surface area contributed by atoms with E-state index in [-0.39, 0.29) is 5.91 Å². The molecule has 8 nitrogen and oxygen atoms in total. The van der Waals surface area contributed by atoms with Crippen LogP contribution in [0, 0.1) is 0 Å². The second-order valence-corrected chi connectivity index (χ2v) is 5.49. The Morgan fingerprint density at radius 3 is 1.69 bits per heavy atom. The minimum atomic E-state index is -0.148. The van der Waals surface area contributed by atoms with Gasteiger partial charge in [0.15, 0.2) is 11.5 Å². The van der Waals surface area contributed by atoms with E-state index in [4.69, 9.17) is 28.4 Å². The predicted octanol–water partition coefficient (Wildman–Crippen LogP) is 1.48. The van der Waals surface area contributed by atoms with Crippen LogP contribution in [-0.2, 0) is 23.7 Å². The molecule has 26 heavy (non-hydrogen) atoms. The first kappa shape index (κ1) is 20.4. The Labute approximate surface area is 153 Å². The number of rotatable bonds is 1. The molecule has 0 atom stereocenters. The summed E-state index contributed by atoms with van der Waals surface area (Å²) in [7, 11) is 0. The van der Waals surface area contributed by atoms with Gasteiger partial charge in [-0.25, -0.2) is 0 Å². The van der Waals surface area contributed by atoms with Crippen LogP contribution in [0.15, 0.2) is 18.2 Å². The van der Waals surface area contributed by atoms with Crippen LogP contribution in [0.4, 0.5) is 5.69 Å². The predicted molar refractivity (Wildman–Crippen MR) is 95.0 cm³/mol. The fourth-order valence-electron chi connectivity index (χ4n) is 2.20. The van der Waals surface area contributed by atoms with Crippen molar-refractivity contribution in [3.63, 3.8) is 0 Å². The zero-order valence-corrected chi connectivity index (χ0v) is 15.2. The molecule has 2 rings (SSSR count). The van der Waals surface area contributed by atoms with Crippen LogP contribution in [0.2, 0.25) is 0 Å². The number of amides is 1. The Hall–Kier alpha value is -1.87. The molecule has 1 aliphatic heterocycles. The Kier molecular flexibility index (Phi) is 9.81. The maximum atomic E-state index is 11.2. The molecule has 1 aliphatic rings. The molecule has 1 amide bonds. The molecule has 0 spiro atoms. The summed E-state index contributed by atoms with van der Waals surface area (Å²) in [5.74, 6) is 0.981. The lowest BCUT2D eigenvalue weighted by molar-refractivity contribution is -0.114. The SMILES string of the molecule is CC(=O)Nc1ccc2c(c1)OCCOCCOCCOCCOCCO2. The van der Waals surface area contributed by atoms with Crippen molar-refractivity contribution in [3.8, 4) is 11.5 Å². The summed E-state index contributed by atoms with van der Waals surface area (Å²) in [4.78, 5) is 11.2. The average molecular weight is 369 g/mol. The van der Waals surface area contributed by atoms with E-state index in [9.17, 15) is 4.79 Å². The van der Waals surface area contributed by atoms with Gasteiger partial charge in [0.1, 0.15) is 13.2 Å². The van der Waals surface area contributed by atoms with E-state index in [1.807, 2.05) is 0 Å². The number of carbonyl (C=O) groups is 1. The van der Waals surface area contributed by atoms with Crippen molar-refractivity contribution in [2.45, 2.75) is 6.92 Å². The van der Waals surface area contributed by atoms with Gasteiger partial charge in [-0.1, -0.05) is 0 Å². The van der Waals surface area contributed by atoms with Crippen LogP contribution in [-0.4, -0.2) is 72.0 Å². The summed E-state index contributed by atoms with van der Waals surface area (Å²) in [5.41, 5.74) is 0.643. The highest BCUT2D eigenvalue weighted by Crippen LogP contribution is 2.30. The van der Waals surface area contributed by atoms with Crippen molar-refractivity contribution in [3.05, 3.63) is 18.2 Å². The van der Waals surface area contributed by atoms with Crippen molar-refractivity contribution < 1.29 is 33.2 Å². The molecule has 0 unspecified atom stereocenters. The van der Waals surface area contributed by atoms with Gasteiger partial charge in [-0.3, -0.25) is 4.79 Å². The van der Waals surface area contributed by atoms with Crippen LogP contribution in [0.25, 0.3) is 0 Å². The second kappa shape index (κ2) is 12.5. The Morgan fingerprint density at radius 2 is 1.19 bits per heavy atom. The number of benzene rings is 1. The van der Waals surface area contributed by atoms with Crippen molar-refractivity contribution in [2.75, 3.05) is 71.4 Å². The van der Waals surface area contributed by atoms with E-state index >= 15 is 0 Å². The van der Waals surface area contributed by atoms with E-state index in [1.165, 1.54) is 6.92 Å². The Bertz CT molecular complexity index is 538. The molecule has 1 aromatic carbocycles. The van der Waals surface area contributed by atoms with Crippen LogP contribution < -0.4 is 14.8 Å². The maximum Gasteiger partial charge on any atom is 0.221 e. The molecule has 1 aromatic rings. The molecule has 146 valence electrons. The molecule has 0 bridgehead atoms. The first-order valence-electron chi connectivity index (χ1n) is 8.74. The third-order valence-electron chi connectivity index (χ3n) is 3.35. The molecule has 0 aliphatic carbocycles. The second-order valence-electron chi connectivity index (χ2n) is 5.49. The number of anilines is 1. The van der Waals surface area contributed by atoms with Gasteiger partial charge in [-0.15, -0.1) is 0 Å². The zero-order valence-electron chi connectivity index (χ0n) is 15.2. The van der Waals surface area contributed by atoms with Gasteiger partial charge < -0.3 is 33.7 Å². The van der Waals surface area contributed by atoms with E-state index in [0.717, 1.165) is 0 Å². The highest BCUT2D eigenvalue weighted by molar-refractivity contribution is 5.89. The number of ether oxygens (including phenoxy) is 6. The average Bonchev–Trinajstić information content (AvgIpc) is 2.61. The lowest BCUT2D eigenvalue weighted by Gasteiger charge is -2.15. The lowest BCUT2D eigenvalue weighted by Crippen LogP contribution is -2.16. The maximum absolute atomic E-state index is 11.2. The van der Waals surface area contributed by atoms with Gasteiger partial charge in [0.25, 0.3) is 0 Å². The van der Waals surface area contributed by atoms with Crippen LogP contribution in [0.3, 0.4) is 0 Å². The van der Waals surface area contributed by atoms with Crippen molar-refractivity contribution in [1.82, 2.24) is 0 Å². The van der Waals surface area contributed by atoms with E-state index < -0.39 is 0 Å². The summed E-state index contributed by atoms with van der Waals surface area (Å²) in [6.07, 6.45) is 0. The van der Waals surface area contributed by atoms with Crippen LogP contribution in [0.5, 0.6) is 11.5 Å². The highest BCUT2D eigenvalue weighted by Gasteiger charge is 2.08. The van der Waals surface area contributed by atoms with E-state index in [2.05, 4.69) is 5.32 Å². The molecule has 0 fully saturated rings. The lowest BCUT2D eigenvalue weighted by atomic mass is 10.2. The van der Waals surface area contributed by atoms with Gasteiger partial charge in [-0.05, 0) is 12.1 Å². The van der Waals surface area contributed by atoms with Gasteiger partial charge in [0.2, 0.25) is 5.91 Å². The summed E-state index contributed by atoms with van der Waals surface area (Å²) in [6.45, 7) is 6.13. The summed E-state index contributed by atoms with van der Waals surface area (Å²) in [6, 6.07) is 5.25. The fourth-order valence-corrected chi connectivity index (χ4v) is 2.20. The number of hydrogen-bond acceptors (Lipinski definition) is 7. The zero-order chi connectivity index (χ0) is 18.5. The monoisotopic (exact) mass is 369 g/mol. The van der Waals surface area contributed by atoms with Crippen molar-refractivity contribution in [1.29, 1.82) is 0 Å². The molecule has 1 heterocycles. The highest BCUT2D eigenvalue weighted by atomic mass is 16.6. The quantitative estimate of drug-likeness (QED) is 0.803. The van der Waals surface area contributed by atoms with E-state index in [1.54, 1.807) is 18.2 Å². The fraction of sp³-hybridized carbons (Fsp3) is 0.611. The molecule has 0 saturated heterocycles. The first-order chi connectivity index (χ1) is 12.8. The van der Waals surface area contributed by atoms with Crippen LogP contribution in [0.1, 0.15) is 6.92 Å². The molecule has 0 aromatic heterocycles. The van der Waals surface area contributed by atoms with Crippen molar-refractivity contribution >= 4 is 11.6 Å². The molecule has 0 saturated carbocycles. The molecule has 8 heteroatoms. The number of carbonyl (C=O) groups excluding carboxylic acids is 1. The molecular formula is C18H27NO7. The summed E-state index contributed by atoms with van der Waals surface area (Å²) >= 11 is 0. The smallest absolute Gasteiger partial charge is 0.221 e. The largest absolute Gasteiger partial charge is 0.487 e. The molecule has 1 N–H and O–H groups in total. The third-order valence-corrected chi connectivity index (χ3v) is 3.35. The molecule has 0 radical (unpaired) electrons. The van der Waals surface area contributed by atoms with Gasteiger partial charge in [-0.2, -0.15) is 0 Å². The van der Waals surface area contributed by atoms with Gasteiger partial charge in [0.05, 0.1) is 52.9 Å². The first-order valence-corrected chi connectivity index (χ1v) is 8.74. The Balaban J connectivity index is 1.93. The van der Waals surface area contributed by atoms with Gasteiger partial charge in [0, 0.05) is 18.7 Å². The summed E-state index contributed by atoms with van der Waals surface area (Å²) < 4.78 is 33.2. The third kappa shape index (κ3) is 8.48. The minimum Gasteiger partial charge on any atom is -0.487 e. The van der Waals surface area contributed by atoms with Crippen molar-refractivity contribution in [2.24, 2.45) is 0 Å². The summed E-state index contributed by atoms with van der Waals surface area (Å²) in [5, 5.41) is 2.73. The standard InChI is InChI=1S/C18H27NO7/c1-15(20)19-16-2-3-17-18(14-16)26-13-11-24-9-7-22-5-4-21-6-8-23-10-12-25-17/h2-3,14H,4-13H2,1H3,(H,19,20). The minimum absolute atomic E-state index is 0.148. The number of hydrogen-bond donors (Lipinski definition) is 1. The van der Waals surface area contributed by atoms with Crippen LogP contribution >= 0.6 is 0 Å². The van der Waals surface area contributed by atoms with E-state index in [0.29, 0.717) is 83.3 Å². The Morgan fingerprint density at radius 1 is 0.731 bits per heavy atom. The normalized spacial score (nSPS) is 18.3. The topological polar surface area (TPSA) is 84.5 Å². The molecular weight excluding hydrogens is 342 g/mol. The number of fused-ring (bicyclic) bond motifs is 1.